The maximum absolute atomic E-state index is 11.6. The van der Waals surface area contributed by atoms with E-state index in [0.29, 0.717) is 11.5 Å². The first-order valence-electron chi connectivity index (χ1n) is 7.30. The Balaban J connectivity index is 1.83. The Kier molecular flexibility index (Phi) is 5.58. The molecule has 1 aliphatic rings. The SMILES string of the molecule is CCN(C(=S)NCCc1ccccc1)[C@H]1CCS(=O)(=O)C1. The van der Waals surface area contributed by atoms with Crippen LogP contribution in [0.5, 0.6) is 0 Å². The minimum atomic E-state index is -2.88. The van der Waals surface area contributed by atoms with E-state index in [1.165, 1.54) is 5.56 Å². The Hall–Kier alpha value is -1.14. The van der Waals surface area contributed by atoms with E-state index in [9.17, 15) is 8.42 Å². The molecule has 1 aliphatic heterocycles. The molecule has 1 N–H and O–H groups in total. The van der Waals surface area contributed by atoms with Crippen LogP contribution >= 0.6 is 12.2 Å². The normalized spacial score (nSPS) is 20.1. The van der Waals surface area contributed by atoms with Crippen LogP contribution in [0.1, 0.15) is 18.9 Å². The van der Waals surface area contributed by atoms with Crippen LogP contribution in [0.3, 0.4) is 0 Å². The highest BCUT2D eigenvalue weighted by molar-refractivity contribution is 7.91. The second-order valence-electron chi connectivity index (χ2n) is 5.31. The van der Waals surface area contributed by atoms with Gasteiger partial charge in [0.2, 0.25) is 0 Å². The predicted octanol–water partition coefficient (Wildman–Crippen LogP) is 1.61. The summed E-state index contributed by atoms with van der Waals surface area (Å²) in [7, 11) is -2.88. The van der Waals surface area contributed by atoms with Crippen LogP contribution in [-0.2, 0) is 16.3 Å². The lowest BCUT2D eigenvalue weighted by atomic mass is 10.1. The molecule has 0 aromatic heterocycles. The van der Waals surface area contributed by atoms with Gasteiger partial charge in [0.25, 0.3) is 0 Å². The number of hydrogen-bond acceptors (Lipinski definition) is 3. The van der Waals surface area contributed by atoms with Crippen molar-refractivity contribution < 1.29 is 8.42 Å². The van der Waals surface area contributed by atoms with Gasteiger partial charge in [-0.15, -0.1) is 0 Å². The molecule has 0 radical (unpaired) electrons. The van der Waals surface area contributed by atoms with Crippen molar-refractivity contribution in [2.45, 2.75) is 25.8 Å². The maximum Gasteiger partial charge on any atom is 0.169 e. The minimum Gasteiger partial charge on any atom is -0.362 e. The first-order chi connectivity index (χ1) is 10.0. The molecule has 1 atom stereocenters. The molecular weight excluding hydrogens is 304 g/mol. The zero-order valence-electron chi connectivity index (χ0n) is 12.3. The molecule has 0 unspecified atom stereocenters. The van der Waals surface area contributed by atoms with Crippen molar-refractivity contribution in [1.29, 1.82) is 0 Å². The maximum atomic E-state index is 11.6. The highest BCUT2D eigenvalue weighted by Gasteiger charge is 2.32. The summed E-state index contributed by atoms with van der Waals surface area (Å²) in [5, 5.41) is 3.91. The zero-order valence-corrected chi connectivity index (χ0v) is 13.9. The quantitative estimate of drug-likeness (QED) is 0.833. The van der Waals surface area contributed by atoms with Crippen LogP contribution in [0.2, 0.25) is 0 Å². The van der Waals surface area contributed by atoms with Gasteiger partial charge in [-0.05, 0) is 37.5 Å². The first-order valence-corrected chi connectivity index (χ1v) is 9.53. The molecule has 0 bridgehead atoms. The lowest BCUT2D eigenvalue weighted by Gasteiger charge is -2.29. The predicted molar refractivity (Wildman–Crippen MR) is 90.2 cm³/mol. The van der Waals surface area contributed by atoms with E-state index in [2.05, 4.69) is 17.4 Å². The minimum absolute atomic E-state index is 0.0247. The standard InChI is InChI=1S/C15H22N2O2S2/c1-2-17(14-9-11-21(18,19)12-14)15(20)16-10-8-13-6-4-3-5-7-13/h3-7,14H,2,8-12H2,1H3,(H,16,20)/t14-/m0/s1. The van der Waals surface area contributed by atoms with Gasteiger partial charge in [0, 0.05) is 19.1 Å². The van der Waals surface area contributed by atoms with Crippen molar-refractivity contribution in [2.75, 3.05) is 24.6 Å². The van der Waals surface area contributed by atoms with Gasteiger partial charge in [-0.1, -0.05) is 30.3 Å². The number of thiocarbonyl (C=S) groups is 1. The fourth-order valence-corrected chi connectivity index (χ4v) is 4.76. The van der Waals surface area contributed by atoms with E-state index < -0.39 is 9.84 Å². The molecule has 6 heteroatoms. The van der Waals surface area contributed by atoms with E-state index in [1.807, 2.05) is 30.0 Å². The summed E-state index contributed by atoms with van der Waals surface area (Å²) in [5.74, 6) is 0.502. The second kappa shape index (κ2) is 7.22. The molecule has 1 saturated heterocycles. The van der Waals surface area contributed by atoms with Crippen molar-refractivity contribution in [1.82, 2.24) is 10.2 Å². The van der Waals surface area contributed by atoms with E-state index >= 15 is 0 Å². The molecule has 2 rings (SSSR count). The topological polar surface area (TPSA) is 49.4 Å². The summed E-state index contributed by atoms with van der Waals surface area (Å²) in [6.45, 7) is 3.51. The summed E-state index contributed by atoms with van der Waals surface area (Å²) in [5.41, 5.74) is 1.26. The average Bonchev–Trinajstić information content (AvgIpc) is 2.81. The molecule has 1 aromatic carbocycles. The fraction of sp³-hybridized carbons (Fsp3) is 0.533. The van der Waals surface area contributed by atoms with Gasteiger partial charge in [0.1, 0.15) is 0 Å². The van der Waals surface area contributed by atoms with Crippen molar-refractivity contribution >= 4 is 27.2 Å². The molecule has 21 heavy (non-hydrogen) atoms. The average molecular weight is 326 g/mol. The Labute approximate surface area is 132 Å². The molecule has 1 fully saturated rings. The van der Waals surface area contributed by atoms with Crippen LogP contribution in [0, 0.1) is 0 Å². The highest BCUT2D eigenvalue weighted by Crippen LogP contribution is 2.17. The van der Waals surface area contributed by atoms with Crippen LogP contribution in [0.15, 0.2) is 30.3 Å². The van der Waals surface area contributed by atoms with Crippen LogP contribution < -0.4 is 5.32 Å². The molecule has 0 amide bonds. The number of rotatable bonds is 5. The third-order valence-electron chi connectivity index (χ3n) is 3.78. The van der Waals surface area contributed by atoms with Gasteiger partial charge >= 0.3 is 0 Å². The molecule has 1 heterocycles. The van der Waals surface area contributed by atoms with Crippen molar-refractivity contribution in [2.24, 2.45) is 0 Å². The Bertz CT molecular complexity index is 573. The van der Waals surface area contributed by atoms with E-state index in [1.54, 1.807) is 0 Å². The second-order valence-corrected chi connectivity index (χ2v) is 7.93. The van der Waals surface area contributed by atoms with Crippen LogP contribution in [0.4, 0.5) is 0 Å². The third-order valence-corrected chi connectivity index (χ3v) is 5.91. The largest absolute Gasteiger partial charge is 0.362 e. The summed E-state index contributed by atoms with van der Waals surface area (Å²) >= 11 is 5.42. The number of hydrogen-bond donors (Lipinski definition) is 1. The van der Waals surface area contributed by atoms with Gasteiger partial charge in [-0.3, -0.25) is 0 Å². The number of sulfone groups is 1. The molecule has 0 saturated carbocycles. The fourth-order valence-electron chi connectivity index (χ4n) is 2.65. The van der Waals surface area contributed by atoms with Gasteiger partial charge in [-0.2, -0.15) is 0 Å². The summed E-state index contributed by atoms with van der Waals surface area (Å²) in [4.78, 5) is 2.00. The van der Waals surface area contributed by atoms with Crippen LogP contribution in [0.25, 0.3) is 0 Å². The van der Waals surface area contributed by atoms with E-state index in [-0.39, 0.29) is 17.5 Å². The summed E-state index contributed by atoms with van der Waals surface area (Å²) in [6, 6.07) is 10.3. The first kappa shape index (κ1) is 16.2. The highest BCUT2D eigenvalue weighted by atomic mass is 32.2. The molecular formula is C15H22N2O2S2. The lowest BCUT2D eigenvalue weighted by molar-refractivity contribution is 0.345. The van der Waals surface area contributed by atoms with Crippen molar-refractivity contribution in [3.63, 3.8) is 0 Å². The van der Waals surface area contributed by atoms with Gasteiger partial charge < -0.3 is 10.2 Å². The smallest absolute Gasteiger partial charge is 0.169 e. The monoisotopic (exact) mass is 326 g/mol. The van der Waals surface area contributed by atoms with Crippen molar-refractivity contribution in [3.05, 3.63) is 35.9 Å². The Morgan fingerprint density at radius 2 is 2.10 bits per heavy atom. The molecule has 0 spiro atoms. The Morgan fingerprint density at radius 1 is 1.38 bits per heavy atom. The van der Waals surface area contributed by atoms with Gasteiger partial charge in [-0.25, -0.2) is 8.42 Å². The van der Waals surface area contributed by atoms with E-state index in [0.717, 1.165) is 19.5 Å². The molecule has 0 aliphatic carbocycles. The number of nitrogens with one attached hydrogen (secondary N) is 1. The third kappa shape index (κ3) is 4.68. The lowest BCUT2D eigenvalue weighted by Crippen LogP contribution is -2.46. The number of benzene rings is 1. The summed E-state index contributed by atoms with van der Waals surface area (Å²) < 4.78 is 23.2. The zero-order chi connectivity index (χ0) is 15.3. The Morgan fingerprint density at radius 3 is 2.67 bits per heavy atom. The van der Waals surface area contributed by atoms with Crippen LogP contribution in [-0.4, -0.2) is 49.1 Å². The molecule has 1 aromatic rings. The van der Waals surface area contributed by atoms with Gasteiger partial charge in [0.05, 0.1) is 11.5 Å². The molecule has 116 valence electrons. The van der Waals surface area contributed by atoms with Crippen molar-refractivity contribution in [3.8, 4) is 0 Å². The molecule has 4 nitrogen and oxygen atoms in total. The van der Waals surface area contributed by atoms with Gasteiger partial charge in [0.15, 0.2) is 14.9 Å². The summed E-state index contributed by atoms with van der Waals surface area (Å²) in [6.07, 6.45) is 1.58. The number of nitrogens with zero attached hydrogens (tertiary/aromatic N) is 1. The van der Waals surface area contributed by atoms with E-state index in [4.69, 9.17) is 12.2 Å².